The average molecular weight is 451 g/mol. The zero-order valence-electron chi connectivity index (χ0n) is 20.4. The highest BCUT2D eigenvalue weighted by molar-refractivity contribution is 6.13. The molecule has 3 aromatic heterocycles. The van der Waals surface area contributed by atoms with Gasteiger partial charge in [-0.15, -0.1) is 0 Å². The molecule has 172 valence electrons. The van der Waals surface area contributed by atoms with E-state index in [-0.39, 0.29) is 5.78 Å². The van der Waals surface area contributed by atoms with Crippen molar-refractivity contribution >= 4 is 35.7 Å². The summed E-state index contributed by atoms with van der Waals surface area (Å²) in [5.74, 6) is 0.804. The van der Waals surface area contributed by atoms with Gasteiger partial charge in [-0.3, -0.25) is 4.79 Å². The lowest BCUT2D eigenvalue weighted by Gasteiger charge is -2.11. The average Bonchev–Trinajstić information content (AvgIpc) is 3.54. The van der Waals surface area contributed by atoms with E-state index in [0.29, 0.717) is 18.3 Å². The molecule has 34 heavy (non-hydrogen) atoms. The van der Waals surface area contributed by atoms with Gasteiger partial charge in [-0.1, -0.05) is 26.5 Å². The zero-order valence-corrected chi connectivity index (χ0v) is 20.4. The smallest absolute Gasteiger partial charge is 0.169 e. The molecule has 6 rings (SSSR count). The van der Waals surface area contributed by atoms with Gasteiger partial charge >= 0.3 is 0 Å². The van der Waals surface area contributed by atoms with Crippen LogP contribution >= 0.6 is 0 Å². The predicted molar refractivity (Wildman–Crippen MR) is 138 cm³/mol. The van der Waals surface area contributed by atoms with E-state index in [2.05, 4.69) is 78.8 Å². The lowest BCUT2D eigenvalue weighted by molar-refractivity contribution is 0.100. The molecule has 1 saturated heterocycles. The van der Waals surface area contributed by atoms with Gasteiger partial charge < -0.3 is 20.3 Å². The number of fused-ring (bicyclic) bond motifs is 7. The van der Waals surface area contributed by atoms with Crippen LogP contribution in [0.1, 0.15) is 75.7 Å². The Morgan fingerprint density at radius 1 is 0.941 bits per heavy atom. The van der Waals surface area contributed by atoms with E-state index in [1.165, 1.54) is 11.3 Å². The number of carbonyl (C=O) groups is 1. The fourth-order valence-electron chi connectivity index (χ4n) is 5.78. The maximum Gasteiger partial charge on any atom is 0.169 e. The minimum Gasteiger partial charge on any atom is -0.361 e. The number of hydrogen-bond acceptors (Lipinski definition) is 2. The molecule has 0 amide bonds. The summed E-state index contributed by atoms with van der Waals surface area (Å²) in [6.07, 6.45) is 8.87. The number of rotatable bonds is 1. The molecule has 0 aromatic carbocycles. The SMILES string of the molecule is C=Cc1c2[nH]c(c1C)/C=C1\N/C(=C3/CC(=O)c4c3[nH]c(c4C)/C=c3/cc(C)/c([nH]3)=C/2)[C@@H](C)[C@@H]1C. The highest BCUT2D eigenvalue weighted by Crippen LogP contribution is 2.43. The number of H-pyrrole nitrogens is 3. The maximum absolute atomic E-state index is 13.1. The summed E-state index contributed by atoms with van der Waals surface area (Å²) in [6.45, 7) is 14.9. The molecule has 0 radical (unpaired) electrons. The Morgan fingerprint density at radius 3 is 2.47 bits per heavy atom. The number of carbonyl (C=O) groups excluding carboxylic acids is 1. The van der Waals surface area contributed by atoms with Crippen molar-refractivity contribution in [2.24, 2.45) is 11.8 Å². The Labute approximate surface area is 199 Å². The van der Waals surface area contributed by atoms with Gasteiger partial charge in [-0.2, -0.15) is 0 Å². The summed E-state index contributed by atoms with van der Waals surface area (Å²) in [5.41, 5.74) is 12.8. The van der Waals surface area contributed by atoms with E-state index in [0.717, 1.165) is 67.0 Å². The van der Waals surface area contributed by atoms with Crippen molar-refractivity contribution in [3.63, 3.8) is 0 Å². The molecule has 1 aliphatic carbocycles. The van der Waals surface area contributed by atoms with Crippen LogP contribution in [-0.4, -0.2) is 20.7 Å². The van der Waals surface area contributed by atoms with Gasteiger partial charge in [0.05, 0.1) is 5.69 Å². The number of allylic oxidation sites excluding steroid dienone is 3. The van der Waals surface area contributed by atoms with Crippen LogP contribution in [0.3, 0.4) is 0 Å². The molecule has 5 heterocycles. The molecule has 3 aromatic rings. The monoisotopic (exact) mass is 450 g/mol. The Bertz CT molecular complexity index is 1600. The van der Waals surface area contributed by atoms with Gasteiger partial charge in [0, 0.05) is 74.1 Å². The summed E-state index contributed by atoms with van der Waals surface area (Å²) in [7, 11) is 0. The molecular weight excluding hydrogens is 420 g/mol. The second-order valence-corrected chi connectivity index (χ2v) is 10.0. The lowest BCUT2D eigenvalue weighted by Crippen LogP contribution is -2.11. The number of nitrogens with one attached hydrogen (secondary N) is 4. The van der Waals surface area contributed by atoms with Crippen molar-refractivity contribution in [1.82, 2.24) is 20.3 Å². The Morgan fingerprint density at radius 2 is 1.71 bits per heavy atom. The van der Waals surface area contributed by atoms with E-state index in [1.807, 2.05) is 13.0 Å². The minimum absolute atomic E-state index is 0.197. The Balaban J connectivity index is 1.71. The fraction of sp³-hybridized carbons (Fsp3) is 0.276. The summed E-state index contributed by atoms with van der Waals surface area (Å²) >= 11 is 0. The van der Waals surface area contributed by atoms with Crippen LogP contribution in [0.5, 0.6) is 0 Å². The lowest BCUT2D eigenvalue weighted by atomic mass is 9.92. The van der Waals surface area contributed by atoms with Crippen LogP contribution in [0.4, 0.5) is 0 Å². The quantitative estimate of drug-likeness (QED) is 0.443. The first kappa shape index (κ1) is 20.8. The van der Waals surface area contributed by atoms with Gasteiger partial charge in [0.2, 0.25) is 0 Å². The minimum atomic E-state index is 0.197. The number of hydrogen-bond donors (Lipinski definition) is 4. The van der Waals surface area contributed by atoms with Crippen molar-refractivity contribution in [3.8, 4) is 0 Å². The van der Waals surface area contributed by atoms with Crippen LogP contribution in [0.15, 0.2) is 24.0 Å². The highest BCUT2D eigenvalue weighted by Gasteiger charge is 2.37. The van der Waals surface area contributed by atoms with Crippen LogP contribution in [0, 0.1) is 32.6 Å². The summed E-state index contributed by atoms with van der Waals surface area (Å²) in [6, 6.07) is 2.15. The predicted octanol–water partition coefficient (Wildman–Crippen LogP) is 4.42. The van der Waals surface area contributed by atoms with E-state index in [4.69, 9.17) is 0 Å². The van der Waals surface area contributed by atoms with Crippen molar-refractivity contribution in [1.29, 1.82) is 0 Å². The molecule has 0 unspecified atom stereocenters. The fourth-order valence-corrected chi connectivity index (χ4v) is 5.78. The van der Waals surface area contributed by atoms with Crippen LogP contribution < -0.4 is 16.0 Å². The third-order valence-electron chi connectivity index (χ3n) is 8.04. The topological polar surface area (TPSA) is 76.5 Å². The molecule has 2 atom stereocenters. The van der Waals surface area contributed by atoms with Gasteiger partial charge in [-0.25, -0.2) is 0 Å². The third-order valence-corrected chi connectivity index (χ3v) is 8.04. The molecule has 0 saturated carbocycles. The second-order valence-electron chi connectivity index (χ2n) is 10.0. The zero-order chi connectivity index (χ0) is 23.9. The number of Topliss-reactive ketones (excluding diaryl/α,β-unsaturated/α-hetero) is 1. The molecule has 3 aliphatic rings. The molecule has 5 heteroatoms. The maximum atomic E-state index is 13.1. The summed E-state index contributed by atoms with van der Waals surface area (Å²) < 4.78 is 0. The number of aromatic nitrogens is 3. The van der Waals surface area contributed by atoms with E-state index in [1.54, 1.807) is 0 Å². The van der Waals surface area contributed by atoms with Gasteiger partial charge in [0.25, 0.3) is 0 Å². The van der Waals surface area contributed by atoms with Gasteiger partial charge in [0.1, 0.15) is 0 Å². The standard InChI is InChI=1S/C29H30N4O/c1-7-19-16(5)24-12-23-14(3)15(4)28(32-23)20-10-26(34)27-17(6)22(33-29(20)27)9-18-8-13(2)21(30-18)11-25(19)31-24/h7-9,11-12,14-15,30-33H,1,10H2,2-6H3/b18-9-,21-11-,23-12-,28-20-/t14-,15-/m0/s1. The second kappa shape index (κ2) is 7.13. The van der Waals surface area contributed by atoms with Crippen molar-refractivity contribution in [2.45, 2.75) is 41.0 Å². The number of ketones is 1. The Kier molecular flexibility index (Phi) is 4.37. The number of aromatic amines is 3. The van der Waals surface area contributed by atoms with E-state index in [9.17, 15) is 4.79 Å². The molecule has 0 spiro atoms. The molecule has 4 N–H and O–H groups in total. The molecule has 2 aliphatic heterocycles. The van der Waals surface area contributed by atoms with Crippen molar-refractivity contribution < 1.29 is 4.79 Å². The van der Waals surface area contributed by atoms with Crippen LogP contribution in [-0.2, 0) is 0 Å². The highest BCUT2D eigenvalue weighted by atomic mass is 16.1. The van der Waals surface area contributed by atoms with Gasteiger partial charge in [-0.05, 0) is 61.8 Å². The van der Waals surface area contributed by atoms with E-state index >= 15 is 0 Å². The molecule has 1 fully saturated rings. The number of aryl methyl sites for hydroxylation is 1. The summed E-state index contributed by atoms with van der Waals surface area (Å²) in [5, 5.41) is 5.78. The summed E-state index contributed by atoms with van der Waals surface area (Å²) in [4.78, 5) is 23.9. The first-order valence-corrected chi connectivity index (χ1v) is 12.0. The Hall–Kier alpha value is -3.73. The van der Waals surface area contributed by atoms with Gasteiger partial charge in [0.15, 0.2) is 5.78 Å². The van der Waals surface area contributed by atoms with E-state index < -0.39 is 0 Å². The third kappa shape index (κ3) is 2.82. The van der Waals surface area contributed by atoms with Crippen molar-refractivity contribution in [3.05, 3.63) is 85.3 Å². The molecular formula is C29H30N4O. The first-order chi connectivity index (χ1) is 16.3. The van der Waals surface area contributed by atoms with Crippen LogP contribution in [0.2, 0.25) is 0 Å². The molecule has 5 nitrogen and oxygen atoms in total. The van der Waals surface area contributed by atoms with Crippen molar-refractivity contribution in [2.75, 3.05) is 0 Å². The largest absolute Gasteiger partial charge is 0.361 e. The molecule has 8 bridgehead atoms. The van der Waals surface area contributed by atoms with Crippen LogP contribution in [0.25, 0.3) is 29.9 Å². The normalized spacial score (nSPS) is 26.4. The first-order valence-electron chi connectivity index (χ1n) is 12.0.